The molecule has 4 aromatic rings. The van der Waals surface area contributed by atoms with Crippen molar-refractivity contribution < 1.29 is 23.3 Å². The zero-order valence-corrected chi connectivity index (χ0v) is 22.1. The van der Waals surface area contributed by atoms with Crippen LogP contribution in [0.1, 0.15) is 25.0 Å². The van der Waals surface area contributed by atoms with Crippen LogP contribution in [0.2, 0.25) is 13.1 Å². The van der Waals surface area contributed by atoms with E-state index in [9.17, 15) is 0 Å². The van der Waals surface area contributed by atoms with E-state index in [0.717, 1.165) is 12.8 Å². The molecule has 0 saturated heterocycles. The second kappa shape index (κ2) is 13.5. The first-order chi connectivity index (χ1) is 14.5. The van der Waals surface area contributed by atoms with Crippen molar-refractivity contribution >= 4 is 5.43 Å². The van der Waals surface area contributed by atoms with Crippen molar-refractivity contribution in [3.63, 3.8) is 0 Å². The minimum absolute atomic E-state index is 0.210. The Bertz CT molecular complexity index is 913. The Labute approximate surface area is 198 Å². The van der Waals surface area contributed by atoms with Crippen molar-refractivity contribution in [2.45, 2.75) is 39.8 Å². The van der Waals surface area contributed by atoms with Gasteiger partial charge in [-0.3, -0.25) is 0 Å². The molecular formula is C28H32SiZr. The van der Waals surface area contributed by atoms with Crippen LogP contribution in [0.15, 0.2) is 97.1 Å². The monoisotopic (exact) mass is 486 g/mol. The van der Waals surface area contributed by atoms with E-state index in [1.165, 1.54) is 33.4 Å². The van der Waals surface area contributed by atoms with Gasteiger partial charge >= 0.3 is 41.9 Å². The molecule has 152 valence electrons. The van der Waals surface area contributed by atoms with Crippen molar-refractivity contribution in [2.75, 3.05) is 0 Å². The Morgan fingerprint density at radius 1 is 0.633 bits per heavy atom. The summed E-state index contributed by atoms with van der Waals surface area (Å²) in [5.74, 6) is 0. The number of hydrogen-bond acceptors (Lipinski definition) is 0. The van der Waals surface area contributed by atoms with Gasteiger partial charge in [-0.2, -0.15) is 24.3 Å². The van der Waals surface area contributed by atoms with E-state index < -0.39 is 0 Å². The molecule has 0 aromatic heterocycles. The molecule has 4 aromatic carbocycles. The second-order valence-electron chi connectivity index (χ2n) is 7.46. The number of aryl methyl sites for hydroxylation is 2. The first-order valence-electron chi connectivity index (χ1n) is 10.7. The average molecular weight is 488 g/mol. The van der Waals surface area contributed by atoms with Crippen molar-refractivity contribution in [1.82, 2.24) is 0 Å². The number of benzene rings is 2. The normalized spacial score (nSPS) is 9.80. The molecule has 0 aliphatic heterocycles. The van der Waals surface area contributed by atoms with E-state index in [2.05, 4.69) is 124 Å². The molecule has 0 atom stereocenters. The molecule has 0 radical (unpaired) electrons. The molecule has 2 heteroatoms. The van der Waals surface area contributed by atoms with Crippen LogP contribution in [0.4, 0.5) is 0 Å². The van der Waals surface area contributed by atoms with Crippen molar-refractivity contribution in [2.24, 2.45) is 0 Å². The first-order valence-corrected chi connectivity index (χ1v) is 16.9. The van der Waals surface area contributed by atoms with Gasteiger partial charge in [0.25, 0.3) is 0 Å². The summed E-state index contributed by atoms with van der Waals surface area (Å²) in [4.78, 5) is 0. The van der Waals surface area contributed by atoms with Gasteiger partial charge in [-0.25, -0.2) is 0 Å². The van der Waals surface area contributed by atoms with Crippen LogP contribution in [0.5, 0.6) is 0 Å². The third-order valence-electron chi connectivity index (χ3n) is 4.66. The maximum atomic E-state index is 2.31. The van der Waals surface area contributed by atoms with Gasteiger partial charge in [-0.05, 0) is 12.8 Å². The number of rotatable bonds is 4. The average Bonchev–Trinajstić information content (AvgIpc) is 3.48. The summed E-state index contributed by atoms with van der Waals surface area (Å²) < 4.78 is 0. The quantitative estimate of drug-likeness (QED) is 0.202. The molecule has 0 amide bonds. The zero-order chi connectivity index (χ0) is 21.8. The molecule has 0 N–H and O–H groups in total. The molecule has 0 bridgehead atoms. The summed E-state index contributed by atoms with van der Waals surface area (Å²) in [6.45, 7) is 8.99. The Morgan fingerprint density at radius 2 is 0.967 bits per heavy atom. The van der Waals surface area contributed by atoms with Gasteiger partial charge in [0.1, 0.15) is 0 Å². The molecule has 0 aliphatic carbocycles. The first kappa shape index (κ1) is 24.5. The molecule has 4 rings (SSSR count). The van der Waals surface area contributed by atoms with Crippen LogP contribution in [-0.4, -0.2) is 5.43 Å². The fourth-order valence-corrected chi connectivity index (χ4v) is 3.07. The third kappa shape index (κ3) is 8.54. The van der Waals surface area contributed by atoms with Gasteiger partial charge < -0.3 is 0 Å². The molecule has 0 heterocycles. The van der Waals surface area contributed by atoms with Crippen LogP contribution in [0, 0.1) is 0 Å². The summed E-state index contributed by atoms with van der Waals surface area (Å²) in [5.41, 5.74) is 8.29. The maximum absolute atomic E-state index is 2.31. The van der Waals surface area contributed by atoms with Crippen molar-refractivity contribution in [1.29, 1.82) is 0 Å². The molecular weight excluding hydrogens is 456 g/mol. The van der Waals surface area contributed by atoms with E-state index in [-0.39, 0.29) is 5.43 Å². The van der Waals surface area contributed by atoms with Crippen LogP contribution >= 0.6 is 0 Å². The predicted octanol–water partition coefficient (Wildman–Crippen LogP) is 8.05. The summed E-state index contributed by atoms with van der Waals surface area (Å²) in [5, 5.41) is 0. The Kier molecular flexibility index (Phi) is 11.0. The third-order valence-corrected chi connectivity index (χ3v) is 4.66. The molecule has 0 saturated carbocycles. The summed E-state index contributed by atoms with van der Waals surface area (Å²) >= 11 is 1.74. The van der Waals surface area contributed by atoms with Crippen LogP contribution < -0.4 is 0 Å². The van der Waals surface area contributed by atoms with Gasteiger partial charge in [-0.1, -0.05) is 60.4 Å². The SMILES string of the molecule is CCc1cccc(-[c-]2cccc2)c1.CCc1cccc(-[c-]2cccc2)c1.C[Si](C)=[Zr+2]. The topological polar surface area (TPSA) is 0 Å². The Balaban J connectivity index is 0.000000182. The molecule has 0 aliphatic rings. The molecule has 0 unspecified atom stereocenters. The van der Waals surface area contributed by atoms with Gasteiger partial charge in [0.2, 0.25) is 0 Å². The van der Waals surface area contributed by atoms with Crippen LogP contribution in [-0.2, 0) is 36.2 Å². The Hall–Kier alpha value is -1.76. The van der Waals surface area contributed by atoms with Crippen molar-refractivity contribution in [3.8, 4) is 22.3 Å². The van der Waals surface area contributed by atoms with E-state index in [1.807, 2.05) is 0 Å². The van der Waals surface area contributed by atoms with Gasteiger partial charge in [0, 0.05) is 0 Å². The van der Waals surface area contributed by atoms with Gasteiger partial charge in [-0.15, -0.1) is 59.7 Å². The van der Waals surface area contributed by atoms with E-state index in [0.29, 0.717) is 0 Å². The second-order valence-corrected chi connectivity index (χ2v) is 16.8. The van der Waals surface area contributed by atoms with Crippen LogP contribution in [0.3, 0.4) is 0 Å². The van der Waals surface area contributed by atoms with Crippen molar-refractivity contribution in [3.05, 3.63) is 108 Å². The summed E-state index contributed by atoms with van der Waals surface area (Å²) in [6, 6.07) is 34.3. The number of hydrogen-bond donors (Lipinski definition) is 0. The molecule has 0 nitrogen and oxygen atoms in total. The summed E-state index contributed by atoms with van der Waals surface area (Å²) in [6.07, 6.45) is 2.21. The molecule has 0 fully saturated rings. The van der Waals surface area contributed by atoms with E-state index in [4.69, 9.17) is 0 Å². The predicted molar refractivity (Wildman–Crippen MR) is 131 cm³/mol. The van der Waals surface area contributed by atoms with Crippen LogP contribution in [0.25, 0.3) is 22.3 Å². The molecule has 30 heavy (non-hydrogen) atoms. The minimum atomic E-state index is 0.210. The van der Waals surface area contributed by atoms with E-state index >= 15 is 0 Å². The Morgan fingerprint density at radius 3 is 1.27 bits per heavy atom. The standard InChI is InChI=1S/2C13H13.C2H6Si.Zr/c2*1-2-11-6-5-9-13(10-11)12-7-3-4-8-12;1-3-2;/h2*3-10H,2H2,1H3;1-2H3;/q2*-1;;+2. The zero-order valence-electron chi connectivity index (χ0n) is 18.7. The van der Waals surface area contributed by atoms with Gasteiger partial charge in [0.05, 0.1) is 0 Å². The molecule has 0 spiro atoms. The van der Waals surface area contributed by atoms with E-state index in [1.54, 1.807) is 23.3 Å². The van der Waals surface area contributed by atoms with Gasteiger partial charge in [0.15, 0.2) is 0 Å². The fraction of sp³-hybridized carbons (Fsp3) is 0.214. The fourth-order valence-electron chi connectivity index (χ4n) is 3.07. The summed E-state index contributed by atoms with van der Waals surface area (Å²) in [7, 11) is 0.